The van der Waals surface area contributed by atoms with Crippen LogP contribution in [0.5, 0.6) is 0 Å². The summed E-state index contributed by atoms with van der Waals surface area (Å²) in [6, 6.07) is 3.66. The van der Waals surface area contributed by atoms with E-state index >= 15 is 0 Å². The van der Waals surface area contributed by atoms with Gasteiger partial charge in [-0.15, -0.1) is 0 Å². The lowest BCUT2D eigenvalue weighted by molar-refractivity contribution is 0.964. The summed E-state index contributed by atoms with van der Waals surface area (Å²) < 4.78 is 0. The molecule has 3 N–H and O–H groups in total. The molecule has 92 valence electrons. The summed E-state index contributed by atoms with van der Waals surface area (Å²) in [4.78, 5) is 13.5. The molecule has 0 saturated carbocycles. The molecule has 18 heavy (non-hydrogen) atoms. The molecule has 0 bridgehead atoms. The molecule has 0 radical (unpaired) electrons. The average Bonchev–Trinajstić information content (AvgIpc) is 2.28. The minimum atomic E-state index is 0.0124. The second-order valence-electron chi connectivity index (χ2n) is 3.77. The van der Waals surface area contributed by atoms with Crippen LogP contribution in [0.3, 0.4) is 0 Å². The van der Waals surface area contributed by atoms with Crippen molar-refractivity contribution in [3.63, 3.8) is 0 Å². The lowest BCUT2D eigenvalue weighted by Gasteiger charge is -2.10. The number of nitrogens with zero attached hydrogens (tertiary/aromatic N) is 3. The normalized spacial score (nSPS) is 10.3. The number of nitrogen functional groups attached to an aromatic ring is 1. The van der Waals surface area contributed by atoms with Crippen LogP contribution in [0.4, 0.5) is 0 Å². The number of rotatable bonds is 3. The highest BCUT2D eigenvalue weighted by atomic mass is 32.2. The van der Waals surface area contributed by atoms with Crippen molar-refractivity contribution >= 4 is 17.6 Å². The smallest absolute Gasteiger partial charge is 0.192 e. The van der Waals surface area contributed by atoms with Crippen molar-refractivity contribution in [2.24, 2.45) is 5.73 Å². The fourth-order valence-electron chi connectivity index (χ4n) is 1.64. The van der Waals surface area contributed by atoms with Gasteiger partial charge in [0, 0.05) is 28.7 Å². The van der Waals surface area contributed by atoms with Gasteiger partial charge in [0.05, 0.1) is 5.56 Å². The van der Waals surface area contributed by atoms with Gasteiger partial charge < -0.3 is 5.73 Å². The first kappa shape index (κ1) is 12.5. The maximum Gasteiger partial charge on any atom is 0.192 e. The van der Waals surface area contributed by atoms with Crippen LogP contribution in [0, 0.1) is 19.3 Å². The maximum atomic E-state index is 7.64. The summed E-state index contributed by atoms with van der Waals surface area (Å²) in [6.07, 6.45) is 3.37. The summed E-state index contributed by atoms with van der Waals surface area (Å²) >= 11 is 1.39. The van der Waals surface area contributed by atoms with E-state index in [0.29, 0.717) is 10.7 Å². The number of pyridine rings is 1. The molecule has 2 aromatic rings. The Balaban J connectivity index is 2.46. The van der Waals surface area contributed by atoms with Gasteiger partial charge in [0.1, 0.15) is 5.84 Å². The molecule has 5 nitrogen and oxygen atoms in total. The van der Waals surface area contributed by atoms with Crippen molar-refractivity contribution in [1.29, 1.82) is 5.41 Å². The number of aromatic nitrogens is 3. The standard InChI is InChI=1S/C12H13N5S/c1-7-6-9(10(11(13)14)8(2)17-7)18-12-15-4-3-5-16-12/h3-6H,1-2H3,(H3,13,14). The van der Waals surface area contributed by atoms with Crippen molar-refractivity contribution in [3.8, 4) is 0 Å². The van der Waals surface area contributed by atoms with Crippen LogP contribution in [0.15, 0.2) is 34.6 Å². The molecule has 0 fully saturated rings. The summed E-state index contributed by atoms with van der Waals surface area (Å²) in [5.41, 5.74) is 7.90. The Morgan fingerprint density at radius 3 is 2.56 bits per heavy atom. The number of amidine groups is 1. The first-order valence-electron chi connectivity index (χ1n) is 5.35. The molecule has 0 amide bonds. The number of nitrogens with two attached hydrogens (primary N) is 1. The van der Waals surface area contributed by atoms with Gasteiger partial charge in [-0.25, -0.2) is 9.97 Å². The number of nitrogens with one attached hydrogen (secondary N) is 1. The summed E-state index contributed by atoms with van der Waals surface area (Å²) in [6.45, 7) is 3.76. The van der Waals surface area contributed by atoms with Crippen LogP contribution in [-0.4, -0.2) is 20.8 Å². The molecular formula is C12H13N5S. The number of hydrogen-bond acceptors (Lipinski definition) is 5. The predicted octanol–water partition coefficient (Wildman–Crippen LogP) is 1.92. The molecule has 0 saturated heterocycles. The maximum absolute atomic E-state index is 7.64. The van der Waals surface area contributed by atoms with E-state index in [1.165, 1.54) is 11.8 Å². The van der Waals surface area contributed by atoms with Crippen LogP contribution in [-0.2, 0) is 0 Å². The highest BCUT2D eigenvalue weighted by Crippen LogP contribution is 2.29. The fourth-order valence-corrected chi connectivity index (χ4v) is 2.65. The Hall–Kier alpha value is -1.95. The zero-order valence-electron chi connectivity index (χ0n) is 10.1. The molecule has 0 aliphatic heterocycles. The van der Waals surface area contributed by atoms with Gasteiger partial charge in [0.15, 0.2) is 5.16 Å². The highest BCUT2D eigenvalue weighted by molar-refractivity contribution is 7.99. The molecule has 2 rings (SSSR count). The quantitative estimate of drug-likeness (QED) is 0.499. The van der Waals surface area contributed by atoms with E-state index in [9.17, 15) is 0 Å². The van der Waals surface area contributed by atoms with Crippen LogP contribution in [0.2, 0.25) is 0 Å². The highest BCUT2D eigenvalue weighted by Gasteiger charge is 2.13. The Kier molecular flexibility index (Phi) is 3.57. The van der Waals surface area contributed by atoms with Gasteiger partial charge in [-0.1, -0.05) is 0 Å². The van der Waals surface area contributed by atoms with E-state index in [0.717, 1.165) is 16.3 Å². The van der Waals surface area contributed by atoms with E-state index in [-0.39, 0.29) is 5.84 Å². The Morgan fingerprint density at radius 2 is 1.94 bits per heavy atom. The van der Waals surface area contributed by atoms with Crippen molar-refractivity contribution in [1.82, 2.24) is 15.0 Å². The molecular weight excluding hydrogens is 246 g/mol. The van der Waals surface area contributed by atoms with Crippen LogP contribution < -0.4 is 5.73 Å². The molecule has 0 aliphatic carbocycles. The van der Waals surface area contributed by atoms with Gasteiger partial charge in [0.25, 0.3) is 0 Å². The lowest BCUT2D eigenvalue weighted by atomic mass is 10.1. The molecule has 2 aromatic heterocycles. The van der Waals surface area contributed by atoms with Crippen LogP contribution in [0.1, 0.15) is 17.0 Å². The third-order valence-corrected chi connectivity index (χ3v) is 3.24. The largest absolute Gasteiger partial charge is 0.384 e. The molecule has 6 heteroatoms. The van der Waals surface area contributed by atoms with Gasteiger partial charge in [-0.2, -0.15) is 0 Å². The Morgan fingerprint density at radius 1 is 1.28 bits per heavy atom. The zero-order valence-corrected chi connectivity index (χ0v) is 11.0. The molecule has 0 spiro atoms. The van der Waals surface area contributed by atoms with Crippen molar-refractivity contribution in [2.45, 2.75) is 23.9 Å². The van der Waals surface area contributed by atoms with Crippen molar-refractivity contribution in [2.75, 3.05) is 0 Å². The number of hydrogen-bond donors (Lipinski definition) is 2. The molecule has 0 aromatic carbocycles. The van der Waals surface area contributed by atoms with Gasteiger partial charge in [0.2, 0.25) is 0 Å². The molecule has 0 aliphatic rings. The molecule has 0 atom stereocenters. The number of aryl methyl sites for hydroxylation is 2. The van der Waals surface area contributed by atoms with Crippen molar-refractivity contribution in [3.05, 3.63) is 41.5 Å². The van der Waals surface area contributed by atoms with E-state index in [1.54, 1.807) is 18.5 Å². The summed E-state index contributed by atoms with van der Waals surface area (Å²) in [5, 5.41) is 8.27. The molecule has 0 unspecified atom stereocenters. The first-order chi connectivity index (χ1) is 8.58. The Labute approximate surface area is 109 Å². The molecule has 2 heterocycles. The van der Waals surface area contributed by atoms with Gasteiger partial charge in [-0.05, 0) is 37.7 Å². The van der Waals surface area contributed by atoms with Crippen LogP contribution in [0.25, 0.3) is 0 Å². The van der Waals surface area contributed by atoms with Crippen molar-refractivity contribution < 1.29 is 0 Å². The Bertz CT molecular complexity index is 583. The summed E-state index contributed by atoms with van der Waals surface area (Å²) in [5.74, 6) is 0.0124. The van der Waals surface area contributed by atoms with E-state index in [1.807, 2.05) is 19.9 Å². The van der Waals surface area contributed by atoms with E-state index in [4.69, 9.17) is 11.1 Å². The second-order valence-corrected chi connectivity index (χ2v) is 4.78. The van der Waals surface area contributed by atoms with Gasteiger partial charge >= 0.3 is 0 Å². The summed E-state index contributed by atoms with van der Waals surface area (Å²) in [7, 11) is 0. The topological polar surface area (TPSA) is 88.5 Å². The van der Waals surface area contributed by atoms with E-state index in [2.05, 4.69) is 15.0 Å². The predicted molar refractivity (Wildman–Crippen MR) is 70.9 cm³/mol. The zero-order chi connectivity index (χ0) is 13.1. The van der Waals surface area contributed by atoms with Crippen LogP contribution >= 0.6 is 11.8 Å². The average molecular weight is 259 g/mol. The lowest BCUT2D eigenvalue weighted by Crippen LogP contribution is -2.15. The van der Waals surface area contributed by atoms with E-state index < -0.39 is 0 Å². The minimum Gasteiger partial charge on any atom is -0.384 e. The second kappa shape index (κ2) is 5.14. The minimum absolute atomic E-state index is 0.0124. The monoisotopic (exact) mass is 259 g/mol. The fraction of sp³-hybridized carbons (Fsp3) is 0.167. The van der Waals surface area contributed by atoms with Gasteiger partial charge in [-0.3, -0.25) is 10.4 Å². The third-order valence-electron chi connectivity index (χ3n) is 2.30. The first-order valence-corrected chi connectivity index (χ1v) is 6.17. The third kappa shape index (κ3) is 2.65. The SMILES string of the molecule is Cc1cc(Sc2ncccn2)c(C(=N)N)c(C)n1.